The van der Waals surface area contributed by atoms with E-state index in [9.17, 15) is 17.6 Å². The summed E-state index contributed by atoms with van der Waals surface area (Å²) in [6, 6.07) is 4.76. The summed E-state index contributed by atoms with van der Waals surface area (Å²) < 4.78 is 40.0. The summed E-state index contributed by atoms with van der Waals surface area (Å²) in [7, 11) is -3.67. The predicted octanol–water partition coefficient (Wildman–Crippen LogP) is 1.89. The van der Waals surface area contributed by atoms with Crippen molar-refractivity contribution < 1.29 is 17.6 Å². The van der Waals surface area contributed by atoms with Crippen LogP contribution in [0.25, 0.3) is 5.69 Å². The number of amides is 1. The number of carbonyl (C=O) groups excluding carboxylic acids is 1. The maximum atomic E-state index is 13.9. The number of benzene rings is 1. The van der Waals surface area contributed by atoms with Gasteiger partial charge in [0.05, 0.1) is 11.9 Å². The molecule has 0 saturated heterocycles. The SMILES string of the molecule is Cc1ccc(-n2nc(C(=O)NS(C)(=O)=O)c3c2CCCC3)cc1F. The molecule has 24 heavy (non-hydrogen) atoms. The van der Waals surface area contributed by atoms with Gasteiger partial charge in [-0.2, -0.15) is 5.10 Å². The molecule has 0 spiro atoms. The molecule has 128 valence electrons. The molecule has 0 unspecified atom stereocenters. The molecule has 0 aliphatic heterocycles. The third-order valence-electron chi connectivity index (χ3n) is 4.07. The zero-order valence-corrected chi connectivity index (χ0v) is 14.3. The van der Waals surface area contributed by atoms with Gasteiger partial charge in [-0.15, -0.1) is 0 Å². The summed E-state index contributed by atoms with van der Waals surface area (Å²) in [6.07, 6.45) is 4.13. The number of fused-ring (bicyclic) bond motifs is 1. The van der Waals surface area contributed by atoms with Gasteiger partial charge in [0.1, 0.15) is 5.82 Å². The van der Waals surface area contributed by atoms with Crippen LogP contribution in [0.1, 0.15) is 40.2 Å². The van der Waals surface area contributed by atoms with Crippen LogP contribution in [0, 0.1) is 12.7 Å². The Morgan fingerprint density at radius 2 is 2.00 bits per heavy atom. The number of hydrogen-bond acceptors (Lipinski definition) is 4. The van der Waals surface area contributed by atoms with Gasteiger partial charge in [0.15, 0.2) is 5.69 Å². The number of hydrogen-bond donors (Lipinski definition) is 1. The van der Waals surface area contributed by atoms with Crippen molar-refractivity contribution in [3.8, 4) is 5.69 Å². The highest BCUT2D eigenvalue weighted by molar-refractivity contribution is 7.89. The standard InChI is InChI=1S/C16H18FN3O3S/c1-10-7-8-11(9-13(10)17)20-14-6-4-3-5-12(14)15(18-20)16(21)19-24(2,22)23/h7-9H,3-6H2,1-2H3,(H,19,21). The topological polar surface area (TPSA) is 81.1 Å². The van der Waals surface area contributed by atoms with Crippen molar-refractivity contribution in [2.24, 2.45) is 0 Å². The van der Waals surface area contributed by atoms with Crippen molar-refractivity contribution in [2.45, 2.75) is 32.6 Å². The van der Waals surface area contributed by atoms with E-state index >= 15 is 0 Å². The van der Waals surface area contributed by atoms with Crippen molar-refractivity contribution in [2.75, 3.05) is 6.26 Å². The fourth-order valence-electron chi connectivity index (χ4n) is 2.93. The lowest BCUT2D eigenvalue weighted by atomic mass is 9.95. The molecule has 0 radical (unpaired) electrons. The quantitative estimate of drug-likeness (QED) is 0.916. The first-order chi connectivity index (χ1) is 11.3. The third kappa shape index (κ3) is 3.19. The maximum Gasteiger partial charge on any atom is 0.285 e. The number of aryl methyl sites for hydroxylation is 1. The first-order valence-electron chi connectivity index (χ1n) is 7.65. The number of carbonyl (C=O) groups is 1. The zero-order chi connectivity index (χ0) is 17.5. The molecule has 1 aromatic carbocycles. The van der Waals surface area contributed by atoms with E-state index in [1.165, 1.54) is 6.07 Å². The lowest BCUT2D eigenvalue weighted by molar-refractivity contribution is 0.0975. The zero-order valence-electron chi connectivity index (χ0n) is 13.5. The molecule has 1 N–H and O–H groups in total. The van der Waals surface area contributed by atoms with Crippen LogP contribution < -0.4 is 4.72 Å². The van der Waals surface area contributed by atoms with Crippen LogP contribution in [0.15, 0.2) is 18.2 Å². The van der Waals surface area contributed by atoms with E-state index in [1.54, 1.807) is 23.7 Å². The second-order valence-electron chi connectivity index (χ2n) is 6.03. The molecule has 1 amide bonds. The Balaban J connectivity index is 2.11. The van der Waals surface area contributed by atoms with Crippen LogP contribution >= 0.6 is 0 Å². The lowest BCUT2D eigenvalue weighted by Crippen LogP contribution is -2.30. The summed E-state index contributed by atoms with van der Waals surface area (Å²) in [5.41, 5.74) is 2.71. The van der Waals surface area contributed by atoms with Crippen molar-refractivity contribution in [1.82, 2.24) is 14.5 Å². The lowest BCUT2D eigenvalue weighted by Gasteiger charge is -2.14. The van der Waals surface area contributed by atoms with Crippen molar-refractivity contribution in [1.29, 1.82) is 0 Å². The molecule has 0 bridgehead atoms. The largest absolute Gasteiger partial charge is 0.285 e. The minimum Gasteiger partial charge on any atom is -0.266 e. The fraction of sp³-hybridized carbons (Fsp3) is 0.375. The molecule has 1 aromatic heterocycles. The molecule has 2 aromatic rings. The first-order valence-corrected chi connectivity index (χ1v) is 9.55. The highest BCUT2D eigenvalue weighted by Crippen LogP contribution is 2.27. The molecule has 3 rings (SSSR count). The fourth-order valence-corrected chi connectivity index (χ4v) is 3.36. The van der Waals surface area contributed by atoms with Gasteiger partial charge in [0.2, 0.25) is 10.0 Å². The van der Waals surface area contributed by atoms with Gasteiger partial charge in [-0.05, 0) is 50.3 Å². The number of sulfonamides is 1. The molecule has 1 aliphatic carbocycles. The Bertz CT molecular complexity index is 919. The maximum absolute atomic E-state index is 13.9. The number of nitrogens with one attached hydrogen (secondary N) is 1. The Labute approximate surface area is 139 Å². The highest BCUT2D eigenvalue weighted by atomic mass is 32.2. The Morgan fingerprint density at radius 3 is 2.67 bits per heavy atom. The normalized spacial score (nSPS) is 14.3. The second-order valence-corrected chi connectivity index (χ2v) is 7.78. The predicted molar refractivity (Wildman–Crippen MR) is 87.2 cm³/mol. The van der Waals surface area contributed by atoms with E-state index < -0.39 is 15.9 Å². The molecule has 1 heterocycles. The van der Waals surface area contributed by atoms with Gasteiger partial charge in [0.25, 0.3) is 5.91 Å². The number of halogens is 1. The van der Waals surface area contributed by atoms with Crippen LogP contribution in [0.4, 0.5) is 4.39 Å². The van der Waals surface area contributed by atoms with Gasteiger partial charge < -0.3 is 0 Å². The summed E-state index contributed by atoms with van der Waals surface area (Å²) in [4.78, 5) is 12.3. The smallest absolute Gasteiger partial charge is 0.266 e. The third-order valence-corrected chi connectivity index (χ3v) is 4.63. The molecule has 6 nitrogen and oxygen atoms in total. The number of nitrogens with zero attached hydrogens (tertiary/aromatic N) is 2. The number of rotatable bonds is 3. The molecule has 0 atom stereocenters. The number of aromatic nitrogens is 2. The average molecular weight is 351 g/mol. The minimum absolute atomic E-state index is 0.0936. The van der Waals surface area contributed by atoms with E-state index in [0.717, 1.165) is 30.4 Å². The van der Waals surface area contributed by atoms with Crippen LogP contribution in [0.3, 0.4) is 0 Å². The van der Waals surface area contributed by atoms with Gasteiger partial charge in [-0.1, -0.05) is 6.07 Å². The Hall–Kier alpha value is -2.22. The molecular weight excluding hydrogens is 333 g/mol. The van der Waals surface area contributed by atoms with Crippen molar-refractivity contribution in [3.05, 3.63) is 46.5 Å². The van der Waals surface area contributed by atoms with E-state index in [1.807, 2.05) is 4.72 Å². The summed E-state index contributed by atoms with van der Waals surface area (Å²) in [6.45, 7) is 1.67. The van der Waals surface area contributed by atoms with Gasteiger partial charge in [-0.25, -0.2) is 22.2 Å². The van der Waals surface area contributed by atoms with Crippen molar-refractivity contribution >= 4 is 15.9 Å². The molecule has 8 heteroatoms. The molecular formula is C16H18FN3O3S. The van der Waals surface area contributed by atoms with Crippen molar-refractivity contribution in [3.63, 3.8) is 0 Å². The van der Waals surface area contributed by atoms with E-state index in [2.05, 4.69) is 5.10 Å². The molecule has 0 fully saturated rings. The van der Waals surface area contributed by atoms with E-state index in [4.69, 9.17) is 0 Å². The first kappa shape index (κ1) is 16.6. The second kappa shape index (κ2) is 6.01. The molecule has 1 aliphatic rings. The van der Waals surface area contributed by atoms with Crippen LogP contribution in [-0.2, 0) is 22.9 Å². The summed E-state index contributed by atoms with van der Waals surface area (Å²) in [5.74, 6) is -1.10. The van der Waals surface area contributed by atoms with E-state index in [0.29, 0.717) is 24.1 Å². The Kier molecular flexibility index (Phi) is 4.16. The van der Waals surface area contributed by atoms with Gasteiger partial charge in [0, 0.05) is 11.3 Å². The molecule has 0 saturated carbocycles. The summed E-state index contributed by atoms with van der Waals surface area (Å²) >= 11 is 0. The highest BCUT2D eigenvalue weighted by Gasteiger charge is 2.27. The Morgan fingerprint density at radius 1 is 1.29 bits per heavy atom. The van der Waals surface area contributed by atoms with Gasteiger partial charge in [-0.3, -0.25) is 4.79 Å². The minimum atomic E-state index is -3.67. The monoisotopic (exact) mass is 351 g/mol. The van der Waals surface area contributed by atoms with Crippen LogP contribution in [0.2, 0.25) is 0 Å². The summed E-state index contributed by atoms with van der Waals surface area (Å²) in [5, 5.41) is 4.29. The van der Waals surface area contributed by atoms with E-state index in [-0.39, 0.29) is 11.5 Å². The van der Waals surface area contributed by atoms with Crippen LogP contribution in [-0.4, -0.2) is 30.4 Å². The van der Waals surface area contributed by atoms with Crippen LogP contribution in [0.5, 0.6) is 0 Å². The van der Waals surface area contributed by atoms with Gasteiger partial charge >= 0.3 is 0 Å². The average Bonchev–Trinajstić information content (AvgIpc) is 2.88.